The Hall–Kier alpha value is -3.44. The number of carbonyl (C=O) groups excluding carboxylic acids is 6. The van der Waals surface area contributed by atoms with Gasteiger partial charge in [-0.25, -0.2) is 4.79 Å². The molecule has 4 fully saturated rings. The van der Waals surface area contributed by atoms with Gasteiger partial charge in [-0.05, 0) is 53.3 Å². The molecule has 0 aromatic heterocycles. The van der Waals surface area contributed by atoms with E-state index in [4.69, 9.17) is 0 Å². The Bertz CT molecular complexity index is 1310. The number of urea groups is 1. The molecule has 6 amide bonds. The second-order valence-corrected chi connectivity index (χ2v) is 17.5. The Kier molecular flexibility index (Phi) is 11.6. The molecule has 6 atom stereocenters. The molecule has 49 heavy (non-hydrogen) atoms. The van der Waals surface area contributed by atoms with Gasteiger partial charge in [0.1, 0.15) is 12.1 Å². The van der Waals surface area contributed by atoms with Crippen molar-refractivity contribution in [3.8, 4) is 0 Å². The van der Waals surface area contributed by atoms with E-state index in [0.29, 0.717) is 32.5 Å². The summed E-state index contributed by atoms with van der Waals surface area (Å²) in [5.41, 5.74) is -1.25. The van der Waals surface area contributed by atoms with Crippen LogP contribution in [0.5, 0.6) is 0 Å². The number of carbonyl (C=O) groups is 6. The Balaban J connectivity index is 1.52. The van der Waals surface area contributed by atoms with Crippen molar-refractivity contribution in [3.63, 3.8) is 0 Å². The fourth-order valence-corrected chi connectivity index (χ4v) is 7.73. The van der Waals surface area contributed by atoms with Crippen LogP contribution in [-0.2, 0) is 24.0 Å². The number of likely N-dealkylation sites (tertiary alicyclic amines) is 2. The van der Waals surface area contributed by atoms with E-state index in [-0.39, 0.29) is 53.0 Å². The Morgan fingerprint density at radius 3 is 2.18 bits per heavy atom. The van der Waals surface area contributed by atoms with Crippen LogP contribution in [0.4, 0.5) is 4.79 Å². The van der Waals surface area contributed by atoms with Crippen molar-refractivity contribution in [2.24, 2.45) is 34.0 Å². The molecule has 1 unspecified atom stereocenters. The Labute approximate surface area is 292 Å². The Morgan fingerprint density at radius 1 is 0.959 bits per heavy atom. The number of fused-ring (bicyclic) bond motifs is 1. The number of Topliss-reactive ketones (excluding diaryl/α,β-unsaturated/α-hetero) is 1. The summed E-state index contributed by atoms with van der Waals surface area (Å²) in [7, 11) is 0. The second kappa shape index (κ2) is 14.8. The van der Waals surface area contributed by atoms with Crippen molar-refractivity contribution in [2.45, 2.75) is 125 Å². The van der Waals surface area contributed by atoms with E-state index in [0.717, 1.165) is 32.1 Å². The lowest BCUT2D eigenvalue weighted by atomic mass is 9.80. The maximum atomic E-state index is 14.5. The summed E-state index contributed by atoms with van der Waals surface area (Å²) in [4.78, 5) is 84.1. The summed E-state index contributed by atoms with van der Waals surface area (Å²) in [5, 5.41) is 11.4. The first-order valence-electron chi connectivity index (χ1n) is 18.2. The molecule has 0 bridgehead atoms. The molecule has 274 valence electrons. The third-order valence-electron chi connectivity index (χ3n) is 11.4. The number of amides is 6. The normalized spacial score (nSPS) is 25.2. The molecular formula is C37H60N6O6. The van der Waals surface area contributed by atoms with Crippen molar-refractivity contribution in [2.75, 3.05) is 26.2 Å². The van der Waals surface area contributed by atoms with Crippen molar-refractivity contribution < 1.29 is 28.8 Å². The molecule has 4 N–H and O–H groups in total. The van der Waals surface area contributed by atoms with Crippen LogP contribution < -0.4 is 21.3 Å². The quantitative estimate of drug-likeness (QED) is 0.173. The van der Waals surface area contributed by atoms with Crippen molar-refractivity contribution in [1.29, 1.82) is 0 Å². The highest BCUT2D eigenvalue weighted by atomic mass is 16.2. The summed E-state index contributed by atoms with van der Waals surface area (Å²) >= 11 is 0. The van der Waals surface area contributed by atoms with Gasteiger partial charge < -0.3 is 31.1 Å². The smallest absolute Gasteiger partial charge is 0.315 e. The van der Waals surface area contributed by atoms with Gasteiger partial charge in [0.2, 0.25) is 23.5 Å². The summed E-state index contributed by atoms with van der Waals surface area (Å²) < 4.78 is 0. The molecule has 12 heteroatoms. The van der Waals surface area contributed by atoms with Crippen molar-refractivity contribution in [3.05, 3.63) is 12.7 Å². The van der Waals surface area contributed by atoms with Crippen LogP contribution in [0.15, 0.2) is 12.7 Å². The first kappa shape index (κ1) is 38.4. The van der Waals surface area contributed by atoms with E-state index in [1.807, 2.05) is 41.5 Å². The number of hydrogen-bond donors (Lipinski definition) is 4. The lowest BCUT2D eigenvalue weighted by Gasteiger charge is -2.40. The van der Waals surface area contributed by atoms with Gasteiger partial charge >= 0.3 is 6.03 Å². The van der Waals surface area contributed by atoms with Crippen molar-refractivity contribution >= 4 is 35.4 Å². The van der Waals surface area contributed by atoms with Gasteiger partial charge in [0, 0.05) is 32.6 Å². The average Bonchev–Trinajstić information content (AvgIpc) is 3.30. The van der Waals surface area contributed by atoms with Crippen LogP contribution in [0.1, 0.15) is 100 Å². The number of nitrogens with zero attached hydrogens (tertiary/aromatic N) is 2. The lowest BCUT2D eigenvalue weighted by Crippen LogP contribution is -2.63. The molecule has 4 aliphatic rings. The van der Waals surface area contributed by atoms with Crippen LogP contribution in [0.2, 0.25) is 0 Å². The summed E-state index contributed by atoms with van der Waals surface area (Å²) in [6, 6.07) is -3.68. The molecule has 0 spiro atoms. The molecule has 4 rings (SSSR count). The van der Waals surface area contributed by atoms with Gasteiger partial charge in [-0.2, -0.15) is 0 Å². The van der Waals surface area contributed by atoms with E-state index in [1.165, 1.54) is 6.08 Å². The first-order valence-corrected chi connectivity index (χ1v) is 18.2. The van der Waals surface area contributed by atoms with E-state index in [1.54, 1.807) is 9.80 Å². The van der Waals surface area contributed by atoms with Gasteiger partial charge in [-0.15, -0.1) is 6.58 Å². The van der Waals surface area contributed by atoms with Gasteiger partial charge in [0.05, 0.1) is 12.1 Å². The molecule has 2 aliphatic carbocycles. The topological polar surface area (TPSA) is 157 Å². The maximum absolute atomic E-state index is 14.5. The minimum atomic E-state index is -0.996. The predicted octanol–water partition coefficient (Wildman–Crippen LogP) is 3.16. The molecule has 2 saturated heterocycles. The second-order valence-electron chi connectivity index (χ2n) is 17.5. The van der Waals surface area contributed by atoms with E-state index in [2.05, 4.69) is 41.7 Å². The maximum Gasteiger partial charge on any atom is 0.315 e. The standard InChI is InChI=1S/C37H60N6O6/c1-10-17-38-32(47)29(45)24(19-22-14-13-15-22)39-31(46)28-27-23(37(27,8)9)20-43(28)33(48)30(36(5,6)7)41-34(49)40-25(35(2,3)4)21-42-18-12-11-16-26(42)44/h10,22-25,27-28,30H,1,11-21H2,2-9H3,(H,38,47)(H,39,46)(H2,40,41,49)/t23-,24?,25+,27-,28-,30+/m0/s1. The van der Waals surface area contributed by atoms with Crippen LogP contribution in [0.25, 0.3) is 0 Å². The summed E-state index contributed by atoms with van der Waals surface area (Å²) in [6.45, 7) is 20.9. The minimum absolute atomic E-state index is 0.0827. The highest BCUT2D eigenvalue weighted by molar-refractivity contribution is 6.38. The van der Waals surface area contributed by atoms with Gasteiger partial charge in [0.15, 0.2) is 0 Å². The Morgan fingerprint density at radius 2 is 1.63 bits per heavy atom. The molecule has 0 aromatic rings. The van der Waals surface area contributed by atoms with E-state index < -0.39 is 47.2 Å². The SMILES string of the molecule is C=CCNC(=O)C(=O)C(CC1CCC1)NC(=O)[C@@H]1[C@@H]2[C@H](CN1C(=O)[C@@H](NC(=O)N[C@H](CN1CCCCC1=O)C(C)(C)C)C(C)(C)C)C2(C)C. The first-order chi connectivity index (χ1) is 22.8. The monoisotopic (exact) mass is 684 g/mol. The van der Waals surface area contributed by atoms with Crippen LogP contribution in [-0.4, -0.2) is 95.6 Å². The molecular weight excluding hydrogens is 624 g/mol. The zero-order valence-corrected chi connectivity index (χ0v) is 30.9. The van der Waals surface area contributed by atoms with Gasteiger partial charge in [0.25, 0.3) is 5.91 Å². The molecule has 0 aromatic carbocycles. The molecule has 2 heterocycles. The fourth-order valence-electron chi connectivity index (χ4n) is 7.73. The number of nitrogens with one attached hydrogen (secondary N) is 4. The van der Waals surface area contributed by atoms with Crippen molar-refractivity contribution in [1.82, 2.24) is 31.1 Å². The summed E-state index contributed by atoms with van der Waals surface area (Å²) in [6.07, 6.45) is 7.08. The zero-order chi connectivity index (χ0) is 36.5. The largest absolute Gasteiger partial charge is 0.346 e. The fraction of sp³-hybridized carbons (Fsp3) is 0.784. The number of rotatable bonds is 13. The van der Waals surface area contributed by atoms with Crippen LogP contribution in [0.3, 0.4) is 0 Å². The number of ketones is 1. The van der Waals surface area contributed by atoms with E-state index in [9.17, 15) is 28.8 Å². The number of hydrogen-bond acceptors (Lipinski definition) is 6. The highest BCUT2D eigenvalue weighted by Gasteiger charge is 2.70. The molecule has 0 radical (unpaired) electrons. The third kappa shape index (κ3) is 8.84. The third-order valence-corrected chi connectivity index (χ3v) is 11.4. The number of piperidine rings is 2. The zero-order valence-electron chi connectivity index (χ0n) is 30.9. The minimum Gasteiger partial charge on any atom is -0.346 e. The van der Waals surface area contributed by atoms with Crippen LogP contribution >= 0.6 is 0 Å². The molecule has 2 saturated carbocycles. The predicted molar refractivity (Wildman–Crippen MR) is 187 cm³/mol. The molecule has 2 aliphatic heterocycles. The average molecular weight is 685 g/mol. The van der Waals surface area contributed by atoms with E-state index >= 15 is 0 Å². The van der Waals surface area contributed by atoms with Gasteiger partial charge in [-0.1, -0.05) is 80.7 Å². The lowest BCUT2D eigenvalue weighted by molar-refractivity contribution is -0.145. The highest BCUT2D eigenvalue weighted by Crippen LogP contribution is 2.65. The molecule has 12 nitrogen and oxygen atoms in total. The van der Waals surface area contributed by atoms with Crippen LogP contribution in [0, 0.1) is 34.0 Å². The summed E-state index contributed by atoms with van der Waals surface area (Å²) in [5.74, 6) is -1.99. The van der Waals surface area contributed by atoms with Gasteiger partial charge in [-0.3, -0.25) is 24.0 Å².